The van der Waals surface area contributed by atoms with Crippen LogP contribution in [0.15, 0.2) is 27.8 Å². The number of esters is 1. The maximum Gasteiger partial charge on any atom is 0.305 e. The van der Waals surface area contributed by atoms with Crippen LogP contribution in [0.3, 0.4) is 0 Å². The standard InChI is InChI=1S/C13H17BrN2O3/c1-3-13(17)19-8-12(16-18-2)11-5-4-10(14)6-9(11)7-15/h4-6H,3,7-8,15H2,1-2H3. The number of ether oxygens (including phenoxy) is 1. The van der Waals surface area contributed by atoms with Gasteiger partial charge in [0, 0.05) is 23.0 Å². The van der Waals surface area contributed by atoms with Gasteiger partial charge in [0.25, 0.3) is 0 Å². The highest BCUT2D eigenvalue weighted by atomic mass is 79.9. The summed E-state index contributed by atoms with van der Waals surface area (Å²) in [5.74, 6) is -0.282. The van der Waals surface area contributed by atoms with Crippen molar-refractivity contribution < 1.29 is 14.4 Å². The lowest BCUT2D eigenvalue weighted by Gasteiger charge is -2.11. The van der Waals surface area contributed by atoms with Gasteiger partial charge in [0.2, 0.25) is 0 Å². The van der Waals surface area contributed by atoms with Crippen LogP contribution in [0.1, 0.15) is 24.5 Å². The Morgan fingerprint density at radius 3 is 2.79 bits per heavy atom. The number of benzene rings is 1. The summed E-state index contributed by atoms with van der Waals surface area (Å²) in [6, 6.07) is 5.65. The molecule has 0 spiro atoms. The summed E-state index contributed by atoms with van der Waals surface area (Å²) in [5, 5.41) is 3.91. The minimum absolute atomic E-state index is 0.0646. The number of rotatable bonds is 6. The molecule has 6 heteroatoms. The van der Waals surface area contributed by atoms with Crippen molar-refractivity contribution in [1.82, 2.24) is 0 Å². The topological polar surface area (TPSA) is 73.9 Å². The minimum atomic E-state index is -0.282. The van der Waals surface area contributed by atoms with Gasteiger partial charge in [-0.3, -0.25) is 4.79 Å². The molecule has 1 aromatic carbocycles. The van der Waals surface area contributed by atoms with Crippen molar-refractivity contribution in [3.8, 4) is 0 Å². The number of nitrogens with two attached hydrogens (primary N) is 1. The summed E-state index contributed by atoms with van der Waals surface area (Å²) in [6.45, 7) is 2.16. The SMILES string of the molecule is CCC(=O)OCC(=NOC)c1ccc(Br)cc1CN. The molecule has 1 rings (SSSR count). The Morgan fingerprint density at radius 1 is 1.47 bits per heavy atom. The van der Waals surface area contributed by atoms with E-state index in [2.05, 4.69) is 21.1 Å². The summed E-state index contributed by atoms with van der Waals surface area (Å²) in [5.41, 5.74) is 7.97. The van der Waals surface area contributed by atoms with E-state index < -0.39 is 0 Å². The number of hydrogen-bond donors (Lipinski definition) is 1. The molecule has 104 valence electrons. The van der Waals surface area contributed by atoms with Gasteiger partial charge < -0.3 is 15.3 Å². The molecular formula is C13H17BrN2O3. The van der Waals surface area contributed by atoms with Crippen molar-refractivity contribution >= 4 is 27.6 Å². The zero-order valence-electron chi connectivity index (χ0n) is 11.0. The number of oxime groups is 1. The minimum Gasteiger partial charge on any atom is -0.459 e. The molecule has 0 aliphatic rings. The number of carbonyl (C=O) groups excluding carboxylic acids is 1. The molecule has 2 N–H and O–H groups in total. The van der Waals surface area contributed by atoms with E-state index in [-0.39, 0.29) is 12.6 Å². The van der Waals surface area contributed by atoms with Crippen molar-refractivity contribution in [3.63, 3.8) is 0 Å². The van der Waals surface area contributed by atoms with E-state index in [1.807, 2.05) is 18.2 Å². The molecule has 0 saturated carbocycles. The summed E-state index contributed by atoms with van der Waals surface area (Å²) in [6.07, 6.45) is 0.324. The van der Waals surface area contributed by atoms with Crippen molar-refractivity contribution in [3.05, 3.63) is 33.8 Å². The summed E-state index contributed by atoms with van der Waals surface area (Å²) in [4.78, 5) is 16.0. The lowest BCUT2D eigenvalue weighted by Crippen LogP contribution is -2.17. The molecule has 0 aliphatic heterocycles. The van der Waals surface area contributed by atoms with Crippen molar-refractivity contribution in [1.29, 1.82) is 0 Å². The van der Waals surface area contributed by atoms with E-state index in [9.17, 15) is 4.79 Å². The third-order valence-electron chi connectivity index (χ3n) is 2.46. The molecule has 0 saturated heterocycles. The molecule has 0 unspecified atom stereocenters. The lowest BCUT2D eigenvalue weighted by atomic mass is 10.0. The first-order valence-electron chi connectivity index (χ1n) is 5.86. The summed E-state index contributed by atoms with van der Waals surface area (Å²) in [7, 11) is 1.45. The van der Waals surface area contributed by atoms with Crippen molar-refractivity contribution in [2.75, 3.05) is 13.7 Å². The highest BCUT2D eigenvalue weighted by Crippen LogP contribution is 2.17. The number of hydrogen-bond acceptors (Lipinski definition) is 5. The summed E-state index contributed by atoms with van der Waals surface area (Å²) >= 11 is 3.39. The van der Waals surface area contributed by atoms with Crippen molar-refractivity contribution in [2.24, 2.45) is 10.9 Å². The fourth-order valence-electron chi connectivity index (χ4n) is 1.53. The Bertz CT molecular complexity index is 475. The van der Waals surface area contributed by atoms with E-state index in [1.165, 1.54) is 7.11 Å². The average molecular weight is 329 g/mol. The van der Waals surface area contributed by atoms with Crippen LogP contribution in [0.4, 0.5) is 0 Å². The predicted octanol–water partition coefficient (Wildman–Crippen LogP) is 2.21. The smallest absolute Gasteiger partial charge is 0.305 e. The highest BCUT2D eigenvalue weighted by molar-refractivity contribution is 9.10. The van der Waals surface area contributed by atoms with Gasteiger partial charge in [-0.25, -0.2) is 0 Å². The molecule has 1 aromatic rings. The zero-order valence-corrected chi connectivity index (χ0v) is 12.6. The van der Waals surface area contributed by atoms with Gasteiger partial charge >= 0.3 is 5.97 Å². The van der Waals surface area contributed by atoms with Gasteiger partial charge in [-0.1, -0.05) is 34.1 Å². The molecule has 0 heterocycles. The Hall–Kier alpha value is -1.40. The maximum absolute atomic E-state index is 11.2. The van der Waals surface area contributed by atoms with Crippen LogP contribution in [0.25, 0.3) is 0 Å². The van der Waals surface area contributed by atoms with E-state index in [4.69, 9.17) is 15.3 Å². The van der Waals surface area contributed by atoms with E-state index >= 15 is 0 Å². The molecule has 19 heavy (non-hydrogen) atoms. The first-order valence-corrected chi connectivity index (χ1v) is 6.66. The zero-order chi connectivity index (χ0) is 14.3. The van der Waals surface area contributed by atoms with Gasteiger partial charge in [-0.05, 0) is 17.7 Å². The molecule has 0 aliphatic carbocycles. The first-order chi connectivity index (χ1) is 9.12. The van der Waals surface area contributed by atoms with Crippen LogP contribution in [0.5, 0.6) is 0 Å². The van der Waals surface area contributed by atoms with E-state index in [0.29, 0.717) is 18.7 Å². The highest BCUT2D eigenvalue weighted by Gasteiger charge is 2.12. The van der Waals surface area contributed by atoms with Gasteiger partial charge in [0.1, 0.15) is 19.4 Å². The predicted molar refractivity (Wildman–Crippen MR) is 76.8 cm³/mol. The average Bonchev–Trinajstić information content (AvgIpc) is 2.43. The van der Waals surface area contributed by atoms with Gasteiger partial charge in [-0.2, -0.15) is 0 Å². The van der Waals surface area contributed by atoms with Gasteiger partial charge in [0.15, 0.2) is 0 Å². The van der Waals surface area contributed by atoms with Crippen LogP contribution < -0.4 is 5.73 Å². The second kappa shape index (κ2) is 7.91. The second-order valence-electron chi connectivity index (χ2n) is 3.74. The number of carbonyl (C=O) groups is 1. The fraction of sp³-hybridized carbons (Fsp3) is 0.385. The molecule has 0 bridgehead atoms. The third kappa shape index (κ3) is 4.65. The van der Waals surface area contributed by atoms with Crippen LogP contribution in [0.2, 0.25) is 0 Å². The van der Waals surface area contributed by atoms with Crippen LogP contribution in [-0.4, -0.2) is 25.4 Å². The largest absolute Gasteiger partial charge is 0.459 e. The van der Waals surface area contributed by atoms with Crippen LogP contribution in [-0.2, 0) is 20.9 Å². The Kier molecular flexibility index (Phi) is 6.52. The quantitative estimate of drug-likeness (QED) is 0.493. The normalized spacial score (nSPS) is 11.3. The molecule has 5 nitrogen and oxygen atoms in total. The Balaban J connectivity index is 2.99. The van der Waals surface area contributed by atoms with Crippen LogP contribution in [0, 0.1) is 0 Å². The fourth-order valence-corrected chi connectivity index (χ4v) is 1.94. The second-order valence-corrected chi connectivity index (χ2v) is 4.66. The molecule has 0 atom stereocenters. The number of halogens is 1. The lowest BCUT2D eigenvalue weighted by molar-refractivity contribution is -0.141. The van der Waals surface area contributed by atoms with E-state index in [0.717, 1.165) is 15.6 Å². The maximum atomic E-state index is 11.2. The third-order valence-corrected chi connectivity index (χ3v) is 2.95. The van der Waals surface area contributed by atoms with Gasteiger partial charge in [0.05, 0.1) is 0 Å². The number of nitrogens with zero attached hydrogens (tertiary/aromatic N) is 1. The Morgan fingerprint density at radius 2 is 2.21 bits per heavy atom. The van der Waals surface area contributed by atoms with Crippen LogP contribution >= 0.6 is 15.9 Å². The molecule has 0 fully saturated rings. The first kappa shape index (κ1) is 15.7. The molecular weight excluding hydrogens is 312 g/mol. The monoisotopic (exact) mass is 328 g/mol. The molecule has 0 radical (unpaired) electrons. The van der Waals surface area contributed by atoms with E-state index in [1.54, 1.807) is 6.92 Å². The van der Waals surface area contributed by atoms with Gasteiger partial charge in [-0.15, -0.1) is 0 Å². The molecule has 0 amide bonds. The Labute approximate surface area is 120 Å². The summed E-state index contributed by atoms with van der Waals surface area (Å²) < 4.78 is 6.02. The molecule has 0 aromatic heterocycles. The van der Waals surface area contributed by atoms with Crippen molar-refractivity contribution in [2.45, 2.75) is 19.9 Å².